The molecule has 0 fully saturated rings. The Kier molecular flexibility index (Phi) is 5.00. The number of halogens is 2. The van der Waals surface area contributed by atoms with Crippen molar-refractivity contribution in [3.63, 3.8) is 0 Å². The smallest absolute Gasteiger partial charge is 0.251 e. The van der Waals surface area contributed by atoms with E-state index in [1.807, 2.05) is 20.8 Å². The maximum atomic E-state index is 13.0. The molecule has 1 aromatic carbocycles. The third-order valence-corrected chi connectivity index (χ3v) is 2.89. The van der Waals surface area contributed by atoms with Crippen molar-refractivity contribution in [3.8, 4) is 0 Å². The number of nitrogens with one attached hydrogen (secondary N) is 1. The quantitative estimate of drug-likeness (QED) is 0.884. The number of aliphatic hydroxyl groups is 1. The third-order valence-electron chi connectivity index (χ3n) is 2.89. The Bertz CT molecular complexity index is 435. The minimum Gasteiger partial charge on any atom is -0.396 e. The van der Waals surface area contributed by atoms with Crippen molar-refractivity contribution < 1.29 is 18.7 Å². The predicted molar refractivity (Wildman–Crippen MR) is 68.8 cm³/mol. The van der Waals surface area contributed by atoms with E-state index in [1.165, 1.54) is 0 Å². The first-order valence-electron chi connectivity index (χ1n) is 6.12. The van der Waals surface area contributed by atoms with Crippen LogP contribution in [0.25, 0.3) is 0 Å². The van der Waals surface area contributed by atoms with Crippen LogP contribution in [0.4, 0.5) is 8.78 Å². The van der Waals surface area contributed by atoms with Gasteiger partial charge in [0.2, 0.25) is 0 Å². The van der Waals surface area contributed by atoms with E-state index in [-0.39, 0.29) is 23.6 Å². The fourth-order valence-electron chi connectivity index (χ4n) is 1.78. The number of carbonyl (C=O) groups excluding carboxylic acids is 1. The fraction of sp³-hybridized carbons (Fsp3) is 0.500. The Morgan fingerprint density at radius 3 is 2.21 bits per heavy atom. The van der Waals surface area contributed by atoms with E-state index in [0.29, 0.717) is 12.5 Å². The summed E-state index contributed by atoms with van der Waals surface area (Å²) in [5, 5.41) is 11.7. The molecule has 0 bridgehead atoms. The molecule has 5 heteroatoms. The zero-order valence-electron chi connectivity index (χ0n) is 11.3. The van der Waals surface area contributed by atoms with Gasteiger partial charge in [-0.2, -0.15) is 0 Å². The largest absolute Gasteiger partial charge is 0.396 e. The van der Waals surface area contributed by atoms with Gasteiger partial charge in [-0.3, -0.25) is 4.79 Å². The highest BCUT2D eigenvalue weighted by Gasteiger charge is 2.26. The van der Waals surface area contributed by atoms with Gasteiger partial charge in [-0.15, -0.1) is 0 Å². The fourth-order valence-corrected chi connectivity index (χ4v) is 1.78. The molecule has 0 spiro atoms. The second kappa shape index (κ2) is 6.10. The topological polar surface area (TPSA) is 49.3 Å². The lowest BCUT2D eigenvalue weighted by Gasteiger charge is -2.31. The summed E-state index contributed by atoms with van der Waals surface area (Å²) in [6.07, 6.45) is 0.382. The molecule has 0 radical (unpaired) electrons. The first-order chi connectivity index (χ1) is 8.74. The first kappa shape index (κ1) is 15.6. The van der Waals surface area contributed by atoms with Crippen molar-refractivity contribution in [2.24, 2.45) is 5.41 Å². The Morgan fingerprint density at radius 2 is 1.79 bits per heavy atom. The molecule has 0 heterocycles. The second-order valence-corrected chi connectivity index (χ2v) is 5.56. The summed E-state index contributed by atoms with van der Waals surface area (Å²) in [5.74, 6) is -2.13. The van der Waals surface area contributed by atoms with Crippen LogP contribution in [0.2, 0.25) is 0 Å². The minimum atomic E-state index is -0.792. The molecule has 0 aliphatic carbocycles. The molecule has 1 rings (SSSR count). The number of carbonyl (C=O) groups is 1. The molecule has 0 saturated carbocycles. The van der Waals surface area contributed by atoms with E-state index in [2.05, 4.69) is 5.32 Å². The molecule has 0 unspecified atom stereocenters. The van der Waals surface area contributed by atoms with E-state index >= 15 is 0 Å². The maximum absolute atomic E-state index is 13.0. The number of rotatable bonds is 4. The van der Waals surface area contributed by atoms with Crippen molar-refractivity contribution in [1.29, 1.82) is 0 Å². The van der Waals surface area contributed by atoms with Gasteiger partial charge in [0, 0.05) is 24.3 Å². The van der Waals surface area contributed by atoms with Gasteiger partial charge in [-0.25, -0.2) is 8.78 Å². The highest BCUT2D eigenvalue weighted by Crippen LogP contribution is 2.22. The summed E-state index contributed by atoms with van der Waals surface area (Å²) >= 11 is 0. The standard InChI is InChI=1S/C14H19F2NO2/c1-14(2,3)12(4-5-18)17-13(19)9-6-10(15)8-11(16)7-9/h6-8,12,18H,4-5H2,1-3H3,(H,17,19)/t12-/m0/s1. The van der Waals surface area contributed by atoms with Crippen molar-refractivity contribution in [2.75, 3.05) is 6.61 Å². The predicted octanol–water partition coefficient (Wildman–Crippen LogP) is 2.49. The number of hydrogen-bond acceptors (Lipinski definition) is 2. The highest BCUT2D eigenvalue weighted by atomic mass is 19.1. The Labute approximate surface area is 111 Å². The third kappa shape index (κ3) is 4.59. The lowest BCUT2D eigenvalue weighted by Crippen LogP contribution is -2.44. The maximum Gasteiger partial charge on any atom is 0.251 e. The molecule has 0 saturated heterocycles. The normalized spacial score (nSPS) is 13.2. The second-order valence-electron chi connectivity index (χ2n) is 5.56. The Hall–Kier alpha value is -1.49. The van der Waals surface area contributed by atoms with Crippen molar-refractivity contribution >= 4 is 5.91 Å². The molecular weight excluding hydrogens is 252 g/mol. The highest BCUT2D eigenvalue weighted by molar-refractivity contribution is 5.94. The van der Waals surface area contributed by atoms with Crippen LogP contribution in [0.1, 0.15) is 37.6 Å². The van der Waals surface area contributed by atoms with Gasteiger partial charge in [-0.05, 0) is 24.0 Å². The minimum absolute atomic E-state index is 0.0651. The monoisotopic (exact) mass is 271 g/mol. The van der Waals surface area contributed by atoms with Crippen LogP contribution < -0.4 is 5.32 Å². The molecule has 3 nitrogen and oxygen atoms in total. The Morgan fingerprint density at radius 1 is 1.26 bits per heavy atom. The number of amides is 1. The van der Waals surface area contributed by atoms with Gasteiger partial charge in [0.25, 0.3) is 5.91 Å². The lowest BCUT2D eigenvalue weighted by atomic mass is 9.85. The van der Waals surface area contributed by atoms with E-state index in [4.69, 9.17) is 5.11 Å². The molecule has 106 valence electrons. The molecule has 0 aliphatic rings. The molecule has 1 aromatic rings. The van der Waals surface area contributed by atoms with Gasteiger partial charge in [0.05, 0.1) is 0 Å². The van der Waals surface area contributed by atoms with Crippen LogP contribution in [0, 0.1) is 17.0 Å². The van der Waals surface area contributed by atoms with Crippen LogP contribution in [0.5, 0.6) is 0 Å². The molecule has 2 N–H and O–H groups in total. The van der Waals surface area contributed by atoms with E-state index < -0.39 is 17.5 Å². The van der Waals surface area contributed by atoms with Gasteiger partial charge in [0.15, 0.2) is 0 Å². The number of aliphatic hydroxyl groups excluding tert-OH is 1. The molecule has 19 heavy (non-hydrogen) atoms. The summed E-state index contributed by atoms with van der Waals surface area (Å²) in [6, 6.07) is 2.40. The SMILES string of the molecule is CC(C)(C)[C@H](CCO)NC(=O)c1cc(F)cc(F)c1. The van der Waals surface area contributed by atoms with Gasteiger partial charge in [0.1, 0.15) is 11.6 Å². The summed E-state index contributed by atoms with van der Waals surface area (Å²) < 4.78 is 26.1. The van der Waals surface area contributed by atoms with E-state index in [9.17, 15) is 13.6 Å². The lowest BCUT2D eigenvalue weighted by molar-refractivity contribution is 0.0884. The van der Waals surface area contributed by atoms with Crippen LogP contribution in [-0.4, -0.2) is 23.7 Å². The van der Waals surface area contributed by atoms with Crippen LogP contribution >= 0.6 is 0 Å². The Balaban J connectivity index is 2.87. The average Bonchev–Trinajstić information content (AvgIpc) is 2.25. The van der Waals surface area contributed by atoms with Gasteiger partial charge < -0.3 is 10.4 Å². The molecule has 1 amide bonds. The van der Waals surface area contributed by atoms with Crippen LogP contribution in [0.3, 0.4) is 0 Å². The van der Waals surface area contributed by atoms with Gasteiger partial charge in [-0.1, -0.05) is 20.8 Å². The van der Waals surface area contributed by atoms with Crippen molar-refractivity contribution in [3.05, 3.63) is 35.4 Å². The van der Waals surface area contributed by atoms with Gasteiger partial charge >= 0.3 is 0 Å². The van der Waals surface area contributed by atoms with Crippen molar-refractivity contribution in [2.45, 2.75) is 33.2 Å². The molecule has 0 aliphatic heterocycles. The van der Waals surface area contributed by atoms with Crippen LogP contribution in [0.15, 0.2) is 18.2 Å². The van der Waals surface area contributed by atoms with Crippen LogP contribution in [-0.2, 0) is 0 Å². The zero-order chi connectivity index (χ0) is 14.6. The molecular formula is C14H19F2NO2. The first-order valence-corrected chi connectivity index (χ1v) is 6.12. The zero-order valence-corrected chi connectivity index (χ0v) is 11.3. The molecule has 0 aromatic heterocycles. The number of hydrogen-bond donors (Lipinski definition) is 2. The average molecular weight is 271 g/mol. The van der Waals surface area contributed by atoms with Crippen molar-refractivity contribution in [1.82, 2.24) is 5.32 Å². The summed E-state index contributed by atoms with van der Waals surface area (Å²) in [7, 11) is 0. The van der Waals surface area contributed by atoms with E-state index in [1.54, 1.807) is 0 Å². The summed E-state index contributed by atoms with van der Waals surface area (Å²) in [6.45, 7) is 5.68. The van der Waals surface area contributed by atoms with E-state index in [0.717, 1.165) is 12.1 Å². The number of benzene rings is 1. The summed E-state index contributed by atoms with van der Waals surface area (Å²) in [4.78, 5) is 12.0. The molecule has 1 atom stereocenters. The summed E-state index contributed by atoms with van der Waals surface area (Å²) in [5.41, 5.74) is -0.325.